The third-order valence-electron chi connectivity index (χ3n) is 3.83. The van der Waals surface area contributed by atoms with Crippen LogP contribution in [0, 0.1) is 0 Å². The van der Waals surface area contributed by atoms with Crippen molar-refractivity contribution in [1.29, 1.82) is 0 Å². The Morgan fingerprint density at radius 1 is 1.33 bits per heavy atom. The van der Waals surface area contributed by atoms with Gasteiger partial charge in [0.2, 0.25) is 0 Å². The smallest absolute Gasteiger partial charge is 0.315 e. The molecule has 2 aromatic heterocycles. The topological polar surface area (TPSA) is 88.0 Å². The average Bonchev–Trinajstić information content (AvgIpc) is 3.01. The fourth-order valence-electron chi connectivity index (χ4n) is 2.43. The Morgan fingerprint density at radius 3 is 2.62 bits per heavy atom. The number of nitrogens with zero attached hydrogens (tertiary/aromatic N) is 5. The molecule has 8 nitrogen and oxygen atoms in total. The van der Waals surface area contributed by atoms with Gasteiger partial charge in [-0.25, -0.2) is 9.78 Å². The number of amides is 2. The van der Waals surface area contributed by atoms with E-state index in [1.54, 1.807) is 17.1 Å². The zero-order chi connectivity index (χ0) is 17.5. The molecule has 0 aliphatic carbocycles. The molecule has 0 fully saturated rings. The Hall–Kier alpha value is -2.64. The monoisotopic (exact) mass is 331 g/mol. The molecule has 2 heterocycles. The zero-order valence-electron chi connectivity index (χ0n) is 14.7. The number of pyridine rings is 1. The van der Waals surface area contributed by atoms with Gasteiger partial charge in [0.1, 0.15) is 12.1 Å². The molecule has 0 spiro atoms. The van der Waals surface area contributed by atoms with Crippen LogP contribution in [-0.2, 0) is 13.6 Å². The second-order valence-corrected chi connectivity index (χ2v) is 5.55. The SMILES string of the molecule is CCN(CC)c1ccc(CNC(=O)NC(C)c2nncn2C)cn1. The summed E-state index contributed by atoms with van der Waals surface area (Å²) in [4.78, 5) is 18.6. The lowest BCUT2D eigenvalue weighted by Gasteiger charge is -2.19. The molecular weight excluding hydrogens is 306 g/mol. The van der Waals surface area contributed by atoms with E-state index in [2.05, 4.69) is 44.6 Å². The van der Waals surface area contributed by atoms with Gasteiger partial charge in [-0.1, -0.05) is 6.07 Å². The molecular formula is C16H25N7O. The van der Waals surface area contributed by atoms with Crippen LogP contribution in [0.1, 0.15) is 38.2 Å². The van der Waals surface area contributed by atoms with Crippen molar-refractivity contribution in [1.82, 2.24) is 30.4 Å². The number of carbonyl (C=O) groups excluding carboxylic acids is 1. The molecule has 1 atom stereocenters. The van der Waals surface area contributed by atoms with E-state index in [0.717, 1.165) is 24.5 Å². The van der Waals surface area contributed by atoms with Crippen LogP contribution in [0.4, 0.5) is 10.6 Å². The molecule has 8 heteroatoms. The minimum absolute atomic E-state index is 0.222. The van der Waals surface area contributed by atoms with Gasteiger partial charge >= 0.3 is 6.03 Å². The van der Waals surface area contributed by atoms with Crippen LogP contribution in [0.2, 0.25) is 0 Å². The van der Waals surface area contributed by atoms with E-state index in [1.807, 2.05) is 26.1 Å². The number of aromatic nitrogens is 4. The summed E-state index contributed by atoms with van der Waals surface area (Å²) in [6, 6.07) is 3.48. The van der Waals surface area contributed by atoms with Crippen molar-refractivity contribution in [3.05, 3.63) is 36.0 Å². The van der Waals surface area contributed by atoms with Crippen LogP contribution in [-0.4, -0.2) is 38.9 Å². The maximum atomic E-state index is 12.0. The number of carbonyl (C=O) groups is 1. The van der Waals surface area contributed by atoms with Gasteiger partial charge in [0.25, 0.3) is 0 Å². The molecule has 2 amide bonds. The Labute approximate surface area is 142 Å². The van der Waals surface area contributed by atoms with Crippen molar-refractivity contribution in [2.45, 2.75) is 33.4 Å². The molecule has 0 aliphatic heterocycles. The van der Waals surface area contributed by atoms with Crippen molar-refractivity contribution in [2.75, 3.05) is 18.0 Å². The lowest BCUT2D eigenvalue weighted by Crippen LogP contribution is -2.37. The van der Waals surface area contributed by atoms with Gasteiger partial charge in [0.15, 0.2) is 5.82 Å². The van der Waals surface area contributed by atoms with Gasteiger partial charge in [-0.05, 0) is 32.4 Å². The highest BCUT2D eigenvalue weighted by Gasteiger charge is 2.13. The van der Waals surface area contributed by atoms with E-state index in [0.29, 0.717) is 12.4 Å². The predicted octanol–water partition coefficient (Wildman–Crippen LogP) is 1.62. The second kappa shape index (κ2) is 8.28. The average molecular weight is 331 g/mol. The van der Waals surface area contributed by atoms with Crippen LogP contribution < -0.4 is 15.5 Å². The first-order valence-corrected chi connectivity index (χ1v) is 8.13. The van der Waals surface area contributed by atoms with E-state index >= 15 is 0 Å². The summed E-state index contributed by atoms with van der Waals surface area (Å²) < 4.78 is 1.78. The maximum Gasteiger partial charge on any atom is 0.315 e. The van der Waals surface area contributed by atoms with E-state index < -0.39 is 0 Å². The van der Waals surface area contributed by atoms with Gasteiger partial charge in [-0.15, -0.1) is 10.2 Å². The predicted molar refractivity (Wildman–Crippen MR) is 92.6 cm³/mol. The molecule has 2 aromatic rings. The molecule has 2 N–H and O–H groups in total. The van der Waals surface area contributed by atoms with Crippen LogP contribution >= 0.6 is 0 Å². The lowest BCUT2D eigenvalue weighted by molar-refractivity contribution is 0.237. The number of anilines is 1. The minimum atomic E-state index is -0.252. The highest BCUT2D eigenvalue weighted by Crippen LogP contribution is 2.11. The standard InChI is InChI=1S/C16H25N7O/c1-5-23(6-2)14-8-7-13(9-17-14)10-18-16(24)20-12(3)15-21-19-11-22(15)4/h7-9,11-12H,5-6,10H2,1-4H3,(H2,18,20,24). The van der Waals surface area contributed by atoms with Crippen molar-refractivity contribution in [3.63, 3.8) is 0 Å². The van der Waals surface area contributed by atoms with E-state index in [1.165, 1.54) is 0 Å². The van der Waals surface area contributed by atoms with E-state index in [9.17, 15) is 4.79 Å². The van der Waals surface area contributed by atoms with Gasteiger partial charge in [0, 0.05) is 32.9 Å². The lowest BCUT2D eigenvalue weighted by atomic mass is 10.2. The molecule has 1 unspecified atom stereocenters. The fourth-order valence-corrected chi connectivity index (χ4v) is 2.43. The summed E-state index contributed by atoms with van der Waals surface area (Å²) in [5.41, 5.74) is 0.951. The molecule has 24 heavy (non-hydrogen) atoms. The van der Waals surface area contributed by atoms with Gasteiger partial charge in [-0.2, -0.15) is 0 Å². The van der Waals surface area contributed by atoms with Crippen LogP contribution in [0.15, 0.2) is 24.7 Å². The first-order valence-electron chi connectivity index (χ1n) is 8.13. The number of nitrogens with one attached hydrogen (secondary N) is 2. The quantitative estimate of drug-likeness (QED) is 0.805. The summed E-state index contributed by atoms with van der Waals surface area (Å²) in [5, 5.41) is 13.5. The highest BCUT2D eigenvalue weighted by atomic mass is 16.2. The molecule has 2 rings (SSSR count). The Kier molecular flexibility index (Phi) is 6.11. The van der Waals surface area contributed by atoms with E-state index in [4.69, 9.17) is 0 Å². The Morgan fingerprint density at radius 2 is 2.08 bits per heavy atom. The summed E-state index contributed by atoms with van der Waals surface area (Å²) in [6.45, 7) is 8.33. The summed E-state index contributed by atoms with van der Waals surface area (Å²) in [6.07, 6.45) is 3.40. The number of aryl methyl sites for hydroxylation is 1. The van der Waals surface area contributed by atoms with Crippen LogP contribution in [0.25, 0.3) is 0 Å². The summed E-state index contributed by atoms with van der Waals surface area (Å²) in [7, 11) is 1.84. The highest BCUT2D eigenvalue weighted by molar-refractivity contribution is 5.74. The Bertz CT molecular complexity index is 649. The molecule has 0 radical (unpaired) electrons. The van der Waals surface area contributed by atoms with Gasteiger partial charge in [-0.3, -0.25) is 0 Å². The van der Waals surface area contributed by atoms with Crippen LogP contribution in [0.3, 0.4) is 0 Å². The minimum Gasteiger partial charge on any atom is -0.357 e. The molecule has 0 aliphatic rings. The number of hydrogen-bond donors (Lipinski definition) is 2. The first kappa shape index (κ1) is 17.7. The summed E-state index contributed by atoms with van der Waals surface area (Å²) in [5.74, 6) is 1.65. The number of rotatable bonds is 7. The van der Waals surface area contributed by atoms with Gasteiger partial charge in [0.05, 0.1) is 6.04 Å². The second-order valence-electron chi connectivity index (χ2n) is 5.55. The van der Waals surface area contributed by atoms with Gasteiger partial charge < -0.3 is 20.1 Å². The fraction of sp³-hybridized carbons (Fsp3) is 0.500. The molecule has 130 valence electrons. The third-order valence-corrected chi connectivity index (χ3v) is 3.83. The normalized spacial score (nSPS) is 11.8. The van der Waals surface area contributed by atoms with Crippen molar-refractivity contribution in [3.8, 4) is 0 Å². The zero-order valence-corrected chi connectivity index (χ0v) is 14.7. The third kappa shape index (κ3) is 4.43. The summed E-state index contributed by atoms with van der Waals surface area (Å²) >= 11 is 0. The maximum absolute atomic E-state index is 12.0. The first-order chi connectivity index (χ1) is 11.5. The molecule has 0 aromatic carbocycles. The number of hydrogen-bond acceptors (Lipinski definition) is 5. The molecule has 0 bridgehead atoms. The largest absolute Gasteiger partial charge is 0.357 e. The molecule has 0 saturated heterocycles. The van der Waals surface area contributed by atoms with Crippen molar-refractivity contribution < 1.29 is 4.79 Å². The van der Waals surface area contributed by atoms with E-state index in [-0.39, 0.29) is 12.1 Å². The molecule has 0 saturated carbocycles. The number of urea groups is 1. The van der Waals surface area contributed by atoms with Crippen molar-refractivity contribution >= 4 is 11.8 Å². The van der Waals surface area contributed by atoms with Crippen LogP contribution in [0.5, 0.6) is 0 Å². The van der Waals surface area contributed by atoms with Crippen molar-refractivity contribution in [2.24, 2.45) is 7.05 Å². The Balaban J connectivity index is 1.84.